The Bertz CT molecular complexity index is 893. The van der Waals surface area contributed by atoms with Crippen LogP contribution >= 0.6 is 0 Å². The number of hydrogen-bond acceptors (Lipinski definition) is 6. The van der Waals surface area contributed by atoms with Crippen LogP contribution < -0.4 is 5.32 Å². The third-order valence-corrected chi connectivity index (χ3v) is 4.69. The summed E-state index contributed by atoms with van der Waals surface area (Å²) >= 11 is 0. The number of para-hydroxylation sites is 1. The lowest BCUT2D eigenvalue weighted by molar-refractivity contribution is -0.125. The summed E-state index contributed by atoms with van der Waals surface area (Å²) in [5, 5.41) is 12.7. The first-order chi connectivity index (χ1) is 13.0. The molecule has 0 aliphatic heterocycles. The number of benzene rings is 1. The van der Waals surface area contributed by atoms with Gasteiger partial charge in [0.1, 0.15) is 11.1 Å². The third-order valence-electron chi connectivity index (χ3n) is 4.69. The Morgan fingerprint density at radius 1 is 1.37 bits per heavy atom. The predicted molar refractivity (Wildman–Crippen MR) is 96.7 cm³/mol. The molecule has 1 atom stereocenters. The lowest BCUT2D eigenvalue weighted by Gasteiger charge is -2.22. The number of furan rings is 1. The van der Waals surface area contributed by atoms with E-state index < -0.39 is 24.0 Å². The lowest BCUT2D eigenvalue weighted by atomic mass is 9.98. The smallest absolute Gasteiger partial charge is 0.375 e. The average Bonchev–Trinajstić information content (AvgIpc) is 3.46. The minimum atomic E-state index is -0.928. The Morgan fingerprint density at radius 2 is 2.11 bits per heavy atom. The van der Waals surface area contributed by atoms with E-state index in [-0.39, 0.29) is 18.3 Å². The summed E-state index contributed by atoms with van der Waals surface area (Å²) in [7, 11) is 0. The van der Waals surface area contributed by atoms with Crippen molar-refractivity contribution in [2.24, 2.45) is 5.92 Å². The molecule has 0 saturated heterocycles. The van der Waals surface area contributed by atoms with Crippen molar-refractivity contribution in [3.05, 3.63) is 35.6 Å². The first-order valence-corrected chi connectivity index (χ1v) is 8.96. The van der Waals surface area contributed by atoms with Crippen LogP contribution in [-0.4, -0.2) is 30.6 Å². The minimum Gasteiger partial charge on any atom is -0.450 e. The van der Waals surface area contributed by atoms with Gasteiger partial charge >= 0.3 is 5.97 Å². The van der Waals surface area contributed by atoms with Gasteiger partial charge in [-0.3, -0.25) is 4.79 Å². The summed E-state index contributed by atoms with van der Waals surface area (Å²) in [5.41, 5.74) is 0.218. The third kappa shape index (κ3) is 4.12. The van der Waals surface area contributed by atoms with Crippen LogP contribution in [0.1, 0.15) is 42.8 Å². The predicted octanol–water partition coefficient (Wildman–Crippen LogP) is 2.93. The molecule has 1 aromatic heterocycles. The molecule has 27 heavy (non-hydrogen) atoms. The van der Waals surface area contributed by atoms with Gasteiger partial charge in [0, 0.05) is 17.6 Å². The van der Waals surface area contributed by atoms with E-state index >= 15 is 0 Å². The van der Waals surface area contributed by atoms with Gasteiger partial charge in [0.25, 0.3) is 5.91 Å². The van der Waals surface area contributed by atoms with E-state index in [1.54, 1.807) is 19.1 Å². The highest BCUT2D eigenvalue weighted by atomic mass is 16.5. The van der Waals surface area contributed by atoms with Crippen molar-refractivity contribution in [1.82, 2.24) is 5.32 Å². The fourth-order valence-electron chi connectivity index (χ4n) is 3.02. The number of ether oxygens (including phenoxy) is 2. The zero-order chi connectivity index (χ0) is 19.4. The second-order valence-electron chi connectivity index (χ2n) is 6.76. The molecule has 1 heterocycles. The molecule has 1 aliphatic rings. The Balaban J connectivity index is 1.69. The standard InChI is InChI=1S/C20H22N2O5/c1-3-25-10-15-14-6-4-5-7-16(14)27-18(15)19(24)26-11-17(23)22-20(2,12-21)13-8-9-13/h4-7,13H,3,8-11H2,1-2H3,(H,22,23)/t20-/m1/s1. The summed E-state index contributed by atoms with van der Waals surface area (Å²) in [6, 6.07) is 9.37. The molecule has 2 aromatic rings. The molecule has 0 bridgehead atoms. The minimum absolute atomic E-state index is 0.0303. The molecule has 0 radical (unpaired) electrons. The SMILES string of the molecule is CCOCc1c(C(=O)OCC(=O)N[C@](C)(C#N)C2CC2)oc2ccccc12. The molecule has 7 nitrogen and oxygen atoms in total. The highest BCUT2D eigenvalue weighted by Crippen LogP contribution is 2.39. The van der Waals surface area contributed by atoms with Gasteiger partial charge < -0.3 is 19.2 Å². The number of carbonyl (C=O) groups is 2. The number of rotatable bonds is 8. The fourth-order valence-corrected chi connectivity index (χ4v) is 3.02. The van der Waals surface area contributed by atoms with Crippen molar-refractivity contribution < 1.29 is 23.5 Å². The van der Waals surface area contributed by atoms with E-state index in [4.69, 9.17) is 13.9 Å². The molecule has 1 fully saturated rings. The zero-order valence-electron chi connectivity index (χ0n) is 15.4. The molecule has 0 unspecified atom stereocenters. The van der Waals surface area contributed by atoms with Crippen molar-refractivity contribution in [2.45, 2.75) is 38.8 Å². The van der Waals surface area contributed by atoms with E-state index in [1.807, 2.05) is 19.1 Å². The van der Waals surface area contributed by atoms with E-state index in [2.05, 4.69) is 11.4 Å². The number of hydrogen-bond donors (Lipinski definition) is 1. The summed E-state index contributed by atoms with van der Waals surface area (Å²) in [6.45, 7) is 3.76. The quantitative estimate of drug-likeness (QED) is 0.717. The number of nitrogens with zero attached hydrogens (tertiary/aromatic N) is 1. The summed E-state index contributed by atoms with van der Waals surface area (Å²) < 4.78 is 16.2. The molecule has 3 rings (SSSR count). The molecular weight excluding hydrogens is 348 g/mol. The van der Waals surface area contributed by atoms with Gasteiger partial charge in [0.2, 0.25) is 5.76 Å². The molecule has 1 aromatic carbocycles. The molecule has 142 valence electrons. The van der Waals surface area contributed by atoms with Gasteiger partial charge in [0.15, 0.2) is 6.61 Å². The van der Waals surface area contributed by atoms with Crippen molar-refractivity contribution in [3.8, 4) is 6.07 Å². The lowest BCUT2D eigenvalue weighted by Crippen LogP contribution is -2.48. The maximum absolute atomic E-state index is 12.5. The van der Waals surface area contributed by atoms with E-state index in [0.29, 0.717) is 17.8 Å². The van der Waals surface area contributed by atoms with Crippen molar-refractivity contribution in [3.63, 3.8) is 0 Å². The first kappa shape index (κ1) is 18.9. The summed E-state index contributed by atoms with van der Waals surface area (Å²) in [4.78, 5) is 24.6. The normalized spacial score (nSPS) is 15.7. The second kappa shape index (κ2) is 7.80. The molecule has 1 aliphatic carbocycles. The van der Waals surface area contributed by atoms with Gasteiger partial charge in [0.05, 0.1) is 12.7 Å². The van der Waals surface area contributed by atoms with Crippen LogP contribution in [0, 0.1) is 17.2 Å². The number of carbonyl (C=O) groups excluding carboxylic acids is 2. The van der Waals surface area contributed by atoms with Gasteiger partial charge in [-0.2, -0.15) is 5.26 Å². The maximum Gasteiger partial charge on any atom is 0.375 e. The Kier molecular flexibility index (Phi) is 5.47. The molecule has 1 saturated carbocycles. The molecule has 0 spiro atoms. The van der Waals surface area contributed by atoms with Crippen molar-refractivity contribution in [1.29, 1.82) is 5.26 Å². The number of esters is 1. The van der Waals surface area contributed by atoms with Crippen LogP contribution in [0.3, 0.4) is 0 Å². The van der Waals surface area contributed by atoms with Crippen LogP contribution in [0.15, 0.2) is 28.7 Å². The van der Waals surface area contributed by atoms with Crippen molar-refractivity contribution in [2.75, 3.05) is 13.2 Å². The van der Waals surface area contributed by atoms with E-state index in [1.165, 1.54) is 0 Å². The average molecular weight is 370 g/mol. The number of nitriles is 1. The Morgan fingerprint density at radius 3 is 2.78 bits per heavy atom. The van der Waals surface area contributed by atoms with Gasteiger partial charge in [-0.1, -0.05) is 18.2 Å². The Hall–Kier alpha value is -2.85. The molecule has 7 heteroatoms. The molecule has 1 N–H and O–H groups in total. The van der Waals surface area contributed by atoms with Crippen LogP contribution in [0.5, 0.6) is 0 Å². The van der Waals surface area contributed by atoms with Gasteiger partial charge in [-0.05, 0) is 38.7 Å². The van der Waals surface area contributed by atoms with Crippen LogP contribution in [0.4, 0.5) is 0 Å². The van der Waals surface area contributed by atoms with Gasteiger partial charge in [-0.15, -0.1) is 0 Å². The molecular formula is C20H22N2O5. The number of amides is 1. The fraction of sp³-hybridized carbons (Fsp3) is 0.450. The Labute approximate surface area is 157 Å². The summed E-state index contributed by atoms with van der Waals surface area (Å²) in [6.07, 6.45) is 1.81. The van der Waals surface area contributed by atoms with E-state index in [0.717, 1.165) is 18.2 Å². The summed E-state index contributed by atoms with van der Waals surface area (Å²) in [5.74, 6) is -1.07. The largest absolute Gasteiger partial charge is 0.450 e. The highest BCUT2D eigenvalue weighted by Gasteiger charge is 2.43. The first-order valence-electron chi connectivity index (χ1n) is 8.96. The van der Waals surface area contributed by atoms with Crippen LogP contribution in [0.2, 0.25) is 0 Å². The number of fused-ring (bicyclic) bond motifs is 1. The second-order valence-corrected chi connectivity index (χ2v) is 6.76. The molecule has 1 amide bonds. The van der Waals surface area contributed by atoms with Crippen molar-refractivity contribution >= 4 is 22.8 Å². The maximum atomic E-state index is 12.5. The number of nitrogens with one attached hydrogen (secondary N) is 1. The van der Waals surface area contributed by atoms with Crippen LogP contribution in [0.25, 0.3) is 11.0 Å². The topological polar surface area (TPSA) is 102 Å². The highest BCUT2D eigenvalue weighted by molar-refractivity contribution is 5.96. The van der Waals surface area contributed by atoms with Crippen LogP contribution in [-0.2, 0) is 20.9 Å². The monoisotopic (exact) mass is 370 g/mol. The van der Waals surface area contributed by atoms with Gasteiger partial charge in [-0.25, -0.2) is 4.79 Å². The zero-order valence-corrected chi connectivity index (χ0v) is 15.4. The van der Waals surface area contributed by atoms with E-state index in [9.17, 15) is 14.9 Å².